The number of amides is 1. The van der Waals surface area contributed by atoms with Gasteiger partial charge in [-0.1, -0.05) is 31.8 Å². The Balaban J connectivity index is 2.61. The Kier molecular flexibility index (Phi) is 2.91. The van der Waals surface area contributed by atoms with Crippen molar-refractivity contribution in [3.63, 3.8) is 0 Å². The summed E-state index contributed by atoms with van der Waals surface area (Å²) in [5, 5.41) is 0. The van der Waals surface area contributed by atoms with E-state index in [4.69, 9.17) is 0 Å². The number of rotatable bonds is 1. The number of aliphatic imine (C=N–C) groups is 1. The molecule has 0 unspecified atom stereocenters. The lowest BCUT2D eigenvalue weighted by atomic mass is 10.3. The summed E-state index contributed by atoms with van der Waals surface area (Å²) in [7, 11) is -1.72. The minimum absolute atomic E-state index is 0.176. The molecule has 0 atom stereocenters. The minimum Gasteiger partial charge on any atom is -0.339 e. The van der Waals surface area contributed by atoms with E-state index in [9.17, 15) is 4.79 Å². The van der Waals surface area contributed by atoms with Crippen molar-refractivity contribution in [3.05, 3.63) is 24.3 Å². The third-order valence-corrected chi connectivity index (χ3v) is 4.59. The van der Waals surface area contributed by atoms with Gasteiger partial charge in [-0.3, -0.25) is 9.79 Å². The van der Waals surface area contributed by atoms with E-state index < -0.39 is 8.24 Å². The molecule has 0 fully saturated rings. The highest BCUT2D eigenvalue weighted by atomic mass is 28.3. The zero-order chi connectivity index (χ0) is 12.6. The Bertz CT molecular complexity index is 488. The van der Waals surface area contributed by atoms with Gasteiger partial charge >= 0.3 is 0 Å². The van der Waals surface area contributed by atoms with E-state index >= 15 is 0 Å². The highest BCUT2D eigenvalue weighted by Gasteiger charge is 2.32. The van der Waals surface area contributed by atoms with Gasteiger partial charge in [-0.25, -0.2) is 0 Å². The first-order valence-corrected chi connectivity index (χ1v) is 9.30. The Morgan fingerprint density at radius 3 is 2.53 bits per heavy atom. The van der Waals surface area contributed by atoms with E-state index in [2.05, 4.69) is 24.6 Å². The lowest BCUT2D eigenvalue weighted by Gasteiger charge is -2.34. The van der Waals surface area contributed by atoms with Gasteiger partial charge in [-0.15, -0.1) is 0 Å². The van der Waals surface area contributed by atoms with Crippen LogP contribution in [0, 0.1) is 0 Å². The Hall–Kier alpha value is -1.42. The van der Waals surface area contributed by atoms with Crippen molar-refractivity contribution >= 4 is 31.2 Å². The predicted molar refractivity (Wildman–Crippen MR) is 74.7 cm³/mol. The molecule has 1 aliphatic rings. The quantitative estimate of drug-likeness (QED) is 0.699. The summed E-state index contributed by atoms with van der Waals surface area (Å²) in [4.78, 5) is 16.8. The third-order valence-electron chi connectivity index (χ3n) is 2.76. The van der Waals surface area contributed by atoms with E-state index in [-0.39, 0.29) is 5.91 Å². The highest BCUT2D eigenvalue weighted by Crippen LogP contribution is 2.34. The average Bonchev–Trinajstić information content (AvgIpc) is 2.30. The first-order valence-electron chi connectivity index (χ1n) is 5.86. The molecule has 3 nitrogen and oxygen atoms in total. The third kappa shape index (κ3) is 2.31. The van der Waals surface area contributed by atoms with E-state index in [1.54, 1.807) is 0 Å². The average molecular weight is 246 g/mol. The van der Waals surface area contributed by atoms with Crippen molar-refractivity contribution in [2.45, 2.75) is 33.0 Å². The summed E-state index contributed by atoms with van der Waals surface area (Å²) < 4.78 is 1.99. The molecule has 0 saturated heterocycles. The first-order chi connectivity index (χ1) is 7.89. The molecule has 0 aromatic heterocycles. The van der Waals surface area contributed by atoms with E-state index in [1.165, 1.54) is 0 Å². The molecule has 2 rings (SSSR count). The van der Waals surface area contributed by atoms with Crippen LogP contribution in [0.5, 0.6) is 0 Å². The van der Waals surface area contributed by atoms with Gasteiger partial charge in [0.25, 0.3) is 0 Å². The van der Waals surface area contributed by atoms with Gasteiger partial charge in [-0.05, 0) is 19.1 Å². The molecule has 1 aromatic rings. The number of hydrogen-bond acceptors (Lipinski definition) is 2. The zero-order valence-electron chi connectivity index (χ0n) is 10.8. The summed E-state index contributed by atoms with van der Waals surface area (Å²) in [6.07, 6.45) is 0.430. The molecule has 0 N–H and O–H groups in total. The van der Waals surface area contributed by atoms with Crippen LogP contribution in [0.1, 0.15) is 13.3 Å². The molecule has 0 aliphatic carbocycles. The fourth-order valence-electron chi connectivity index (χ4n) is 2.16. The number of nitrogens with zero attached hydrogens (tertiary/aromatic N) is 2. The van der Waals surface area contributed by atoms with Crippen molar-refractivity contribution in [2.75, 3.05) is 4.57 Å². The SMILES string of the molecule is CC1=Nc2ccccc2N([Si](C)(C)C)C(=O)C1. The molecular weight excluding hydrogens is 228 g/mol. The number of anilines is 1. The molecule has 0 spiro atoms. The van der Waals surface area contributed by atoms with Crippen molar-refractivity contribution in [1.29, 1.82) is 0 Å². The van der Waals surface area contributed by atoms with E-state index in [0.29, 0.717) is 6.42 Å². The first kappa shape index (κ1) is 12.0. The summed E-state index contributed by atoms with van der Waals surface area (Å²) in [6.45, 7) is 8.47. The number of fused-ring (bicyclic) bond motifs is 1. The summed E-state index contributed by atoms with van der Waals surface area (Å²) in [5.74, 6) is 0.176. The maximum absolute atomic E-state index is 12.3. The molecule has 0 bridgehead atoms. The Morgan fingerprint density at radius 2 is 1.88 bits per heavy atom. The van der Waals surface area contributed by atoms with Crippen LogP contribution in [0.15, 0.2) is 29.3 Å². The molecule has 4 heteroatoms. The summed E-state index contributed by atoms with van der Waals surface area (Å²) in [5.41, 5.74) is 2.77. The van der Waals surface area contributed by atoms with Crippen LogP contribution in [-0.4, -0.2) is 19.9 Å². The summed E-state index contributed by atoms with van der Waals surface area (Å²) in [6, 6.07) is 7.90. The molecule has 1 amide bonds. The number of carbonyl (C=O) groups is 1. The van der Waals surface area contributed by atoms with Crippen LogP contribution in [0.3, 0.4) is 0 Å². The van der Waals surface area contributed by atoms with E-state index in [0.717, 1.165) is 17.1 Å². The lowest BCUT2D eigenvalue weighted by molar-refractivity contribution is -0.116. The molecule has 1 aliphatic heterocycles. The molecular formula is C13H18N2OSi. The maximum Gasteiger partial charge on any atom is 0.224 e. The largest absolute Gasteiger partial charge is 0.339 e. The van der Waals surface area contributed by atoms with Crippen molar-refractivity contribution in [2.24, 2.45) is 4.99 Å². The number of hydrogen-bond donors (Lipinski definition) is 0. The lowest BCUT2D eigenvalue weighted by Crippen LogP contribution is -2.50. The van der Waals surface area contributed by atoms with Crippen LogP contribution < -0.4 is 4.57 Å². The van der Waals surface area contributed by atoms with Crippen molar-refractivity contribution in [3.8, 4) is 0 Å². The molecule has 1 aromatic carbocycles. The molecule has 90 valence electrons. The van der Waals surface area contributed by atoms with Crippen LogP contribution in [0.25, 0.3) is 0 Å². The number of para-hydroxylation sites is 2. The zero-order valence-corrected chi connectivity index (χ0v) is 11.8. The molecule has 0 radical (unpaired) electrons. The fourth-order valence-corrected chi connectivity index (χ4v) is 3.90. The second kappa shape index (κ2) is 4.11. The normalized spacial score (nSPS) is 16.4. The monoisotopic (exact) mass is 246 g/mol. The van der Waals surface area contributed by atoms with Gasteiger partial charge in [0.05, 0.1) is 17.8 Å². The van der Waals surface area contributed by atoms with Gasteiger partial charge in [0, 0.05) is 5.71 Å². The topological polar surface area (TPSA) is 32.7 Å². The molecule has 0 saturated carbocycles. The van der Waals surface area contributed by atoms with E-state index in [1.807, 2.05) is 35.8 Å². The van der Waals surface area contributed by atoms with Crippen LogP contribution in [0.4, 0.5) is 11.4 Å². The smallest absolute Gasteiger partial charge is 0.224 e. The molecule has 1 heterocycles. The van der Waals surface area contributed by atoms with Crippen molar-refractivity contribution in [1.82, 2.24) is 0 Å². The Labute approximate surface area is 103 Å². The summed E-state index contributed by atoms with van der Waals surface area (Å²) >= 11 is 0. The molecule has 17 heavy (non-hydrogen) atoms. The van der Waals surface area contributed by atoms with Crippen LogP contribution in [-0.2, 0) is 4.79 Å². The number of carbonyl (C=O) groups excluding carboxylic acids is 1. The predicted octanol–water partition coefficient (Wildman–Crippen LogP) is 3.35. The maximum atomic E-state index is 12.3. The fraction of sp³-hybridized carbons (Fsp3) is 0.385. The van der Waals surface area contributed by atoms with Gasteiger partial charge < -0.3 is 4.57 Å². The van der Waals surface area contributed by atoms with Crippen LogP contribution >= 0.6 is 0 Å². The van der Waals surface area contributed by atoms with Crippen molar-refractivity contribution < 1.29 is 4.79 Å². The second-order valence-electron chi connectivity index (χ2n) is 5.41. The Morgan fingerprint density at radius 1 is 1.24 bits per heavy atom. The number of benzene rings is 1. The van der Waals surface area contributed by atoms with Gasteiger partial charge in [0.1, 0.15) is 0 Å². The van der Waals surface area contributed by atoms with Gasteiger partial charge in [-0.2, -0.15) is 0 Å². The second-order valence-corrected chi connectivity index (χ2v) is 10.2. The van der Waals surface area contributed by atoms with Gasteiger partial charge in [0.15, 0.2) is 8.24 Å². The standard InChI is InChI=1S/C13H18N2OSi/c1-10-9-13(16)15(17(2,3)4)12-8-6-5-7-11(12)14-10/h5-8H,9H2,1-4H3. The highest BCUT2D eigenvalue weighted by molar-refractivity contribution is 6.83. The van der Waals surface area contributed by atoms with Gasteiger partial charge in [0.2, 0.25) is 5.91 Å². The minimum atomic E-state index is -1.72. The van der Waals surface area contributed by atoms with Crippen LogP contribution in [0.2, 0.25) is 19.6 Å².